The Balaban J connectivity index is 2.42. The Labute approximate surface area is 86.8 Å². The molecule has 0 spiro atoms. The third-order valence-electron chi connectivity index (χ3n) is 2.62. The van der Waals surface area contributed by atoms with E-state index in [1.807, 2.05) is 14.1 Å². The summed E-state index contributed by atoms with van der Waals surface area (Å²) in [6.45, 7) is 2.07. The molecule has 1 saturated carbocycles. The van der Waals surface area contributed by atoms with Gasteiger partial charge in [0, 0.05) is 6.66 Å². The summed E-state index contributed by atoms with van der Waals surface area (Å²) in [4.78, 5) is 0. The second kappa shape index (κ2) is 4.88. The van der Waals surface area contributed by atoms with Crippen molar-refractivity contribution in [1.82, 2.24) is 4.67 Å². The van der Waals surface area contributed by atoms with E-state index in [0.717, 1.165) is 0 Å². The maximum atomic E-state index is 5.99. The van der Waals surface area contributed by atoms with Gasteiger partial charge in [-0.05, 0) is 26.9 Å². The first kappa shape index (κ1) is 11.6. The summed E-state index contributed by atoms with van der Waals surface area (Å²) in [5, 5.41) is 0. The minimum Gasteiger partial charge on any atom is -0.335 e. The van der Waals surface area contributed by atoms with Crippen molar-refractivity contribution in [3.8, 4) is 0 Å². The second-order valence-electron chi connectivity index (χ2n) is 4.02. The summed E-state index contributed by atoms with van der Waals surface area (Å²) in [7, 11) is 4.03. The van der Waals surface area contributed by atoms with Gasteiger partial charge in [-0.15, -0.1) is 0 Å². The largest absolute Gasteiger partial charge is 0.335 e. The van der Waals surface area contributed by atoms with E-state index in [4.69, 9.17) is 16.3 Å². The molecule has 13 heavy (non-hydrogen) atoms. The van der Waals surface area contributed by atoms with Crippen molar-refractivity contribution in [2.45, 2.75) is 38.2 Å². The summed E-state index contributed by atoms with van der Waals surface area (Å²) in [5.74, 6) is 0. The lowest BCUT2D eigenvalue weighted by Crippen LogP contribution is -2.19. The van der Waals surface area contributed by atoms with Crippen LogP contribution in [0, 0.1) is 0 Å². The highest BCUT2D eigenvalue weighted by Gasteiger charge is 2.21. The second-order valence-corrected chi connectivity index (χ2v) is 8.66. The average molecular weight is 221 g/mol. The Morgan fingerprint density at radius 2 is 1.77 bits per heavy atom. The molecule has 0 bridgehead atoms. The fraction of sp³-hybridized carbons (Fsp3) is 1.00. The molecule has 0 aromatic rings. The van der Waals surface area contributed by atoms with Crippen molar-refractivity contribution in [3.05, 3.63) is 0 Å². The topological polar surface area (TPSA) is 12.5 Å². The molecular formula is C9H20NOPS. The van der Waals surface area contributed by atoms with Crippen LogP contribution < -0.4 is 0 Å². The van der Waals surface area contributed by atoms with Crippen molar-refractivity contribution in [2.24, 2.45) is 0 Å². The Morgan fingerprint density at radius 1 is 1.23 bits per heavy atom. The number of nitrogens with zero attached hydrogens (tertiary/aromatic N) is 1. The van der Waals surface area contributed by atoms with Gasteiger partial charge < -0.3 is 4.52 Å². The van der Waals surface area contributed by atoms with Gasteiger partial charge in [-0.3, -0.25) is 4.67 Å². The van der Waals surface area contributed by atoms with Gasteiger partial charge in [0.15, 0.2) is 0 Å². The van der Waals surface area contributed by atoms with Crippen LogP contribution >= 0.6 is 6.42 Å². The fourth-order valence-electron chi connectivity index (χ4n) is 1.54. The van der Waals surface area contributed by atoms with Crippen LogP contribution in [-0.4, -0.2) is 31.5 Å². The number of rotatable bonds is 3. The zero-order valence-electron chi connectivity index (χ0n) is 8.82. The molecule has 0 heterocycles. The lowest BCUT2D eigenvalue weighted by molar-refractivity contribution is 0.163. The molecule has 0 aromatic carbocycles. The third-order valence-corrected chi connectivity index (χ3v) is 6.00. The lowest BCUT2D eigenvalue weighted by atomic mass is 9.98. The normalized spacial score (nSPS) is 24.6. The van der Waals surface area contributed by atoms with Gasteiger partial charge in [-0.1, -0.05) is 31.1 Å². The highest BCUT2D eigenvalue weighted by molar-refractivity contribution is 8.10. The van der Waals surface area contributed by atoms with Gasteiger partial charge >= 0.3 is 0 Å². The van der Waals surface area contributed by atoms with Crippen LogP contribution in [0.15, 0.2) is 0 Å². The van der Waals surface area contributed by atoms with Gasteiger partial charge in [-0.2, -0.15) is 0 Å². The molecule has 1 aliphatic rings. The molecule has 0 N–H and O–H groups in total. The Morgan fingerprint density at radius 3 is 2.23 bits per heavy atom. The molecule has 78 valence electrons. The van der Waals surface area contributed by atoms with Crippen LogP contribution in [-0.2, 0) is 16.3 Å². The van der Waals surface area contributed by atoms with E-state index in [0.29, 0.717) is 6.10 Å². The van der Waals surface area contributed by atoms with E-state index in [1.54, 1.807) is 0 Å². The maximum Gasteiger partial charge on any atom is 0.128 e. The van der Waals surface area contributed by atoms with Gasteiger partial charge in [0.05, 0.1) is 6.10 Å². The van der Waals surface area contributed by atoms with Gasteiger partial charge in [-0.25, -0.2) is 0 Å². The Bertz CT molecular complexity index is 202. The SMILES string of the molecule is CN(C)P(C)(=S)OC1CCCCC1. The molecule has 1 rings (SSSR count). The first-order chi connectivity index (χ1) is 6.02. The first-order valence-corrected chi connectivity index (χ1v) is 8.08. The fourth-order valence-corrected chi connectivity index (χ4v) is 2.86. The van der Waals surface area contributed by atoms with E-state index in [9.17, 15) is 0 Å². The van der Waals surface area contributed by atoms with E-state index >= 15 is 0 Å². The third kappa shape index (κ3) is 3.67. The predicted octanol–water partition coefficient (Wildman–Crippen LogP) is 2.84. The summed E-state index contributed by atoms with van der Waals surface area (Å²) >= 11 is 5.46. The highest BCUT2D eigenvalue weighted by atomic mass is 32.4. The minimum absolute atomic E-state index is 0.437. The van der Waals surface area contributed by atoms with Crippen LogP contribution in [0.1, 0.15) is 32.1 Å². The van der Waals surface area contributed by atoms with Crippen molar-refractivity contribution < 1.29 is 4.52 Å². The Kier molecular flexibility index (Phi) is 4.37. The van der Waals surface area contributed by atoms with Crippen LogP contribution in [0.5, 0.6) is 0 Å². The summed E-state index contributed by atoms with van der Waals surface area (Å²) in [6, 6.07) is 0. The number of hydrogen-bond acceptors (Lipinski definition) is 2. The predicted molar refractivity (Wildman–Crippen MR) is 61.9 cm³/mol. The smallest absolute Gasteiger partial charge is 0.128 e. The molecule has 0 aliphatic heterocycles. The minimum atomic E-state index is -1.67. The summed E-state index contributed by atoms with van der Waals surface area (Å²) in [5.41, 5.74) is 0. The zero-order valence-corrected chi connectivity index (χ0v) is 10.5. The Hall–Kier alpha value is 0.570. The van der Waals surface area contributed by atoms with Gasteiger partial charge in [0.2, 0.25) is 0 Å². The molecule has 2 nitrogen and oxygen atoms in total. The molecular weight excluding hydrogens is 201 g/mol. The summed E-state index contributed by atoms with van der Waals surface area (Å²) < 4.78 is 8.06. The highest BCUT2D eigenvalue weighted by Crippen LogP contribution is 2.47. The molecule has 1 fully saturated rings. The van der Waals surface area contributed by atoms with Crippen molar-refractivity contribution in [3.63, 3.8) is 0 Å². The van der Waals surface area contributed by atoms with Crippen LogP contribution in [0.3, 0.4) is 0 Å². The van der Waals surface area contributed by atoms with Crippen molar-refractivity contribution >= 4 is 18.2 Å². The van der Waals surface area contributed by atoms with E-state index in [-0.39, 0.29) is 0 Å². The molecule has 4 heteroatoms. The van der Waals surface area contributed by atoms with Crippen molar-refractivity contribution in [1.29, 1.82) is 0 Å². The van der Waals surface area contributed by atoms with E-state index in [1.165, 1.54) is 32.1 Å². The monoisotopic (exact) mass is 221 g/mol. The molecule has 0 aromatic heterocycles. The number of hydrogen-bond donors (Lipinski definition) is 0. The quantitative estimate of drug-likeness (QED) is 0.680. The average Bonchev–Trinajstić information content (AvgIpc) is 2.05. The van der Waals surface area contributed by atoms with E-state index < -0.39 is 6.42 Å². The van der Waals surface area contributed by atoms with E-state index in [2.05, 4.69) is 11.3 Å². The van der Waals surface area contributed by atoms with Gasteiger partial charge in [0.1, 0.15) is 6.42 Å². The van der Waals surface area contributed by atoms with Gasteiger partial charge in [0.25, 0.3) is 0 Å². The van der Waals surface area contributed by atoms with Crippen molar-refractivity contribution in [2.75, 3.05) is 20.8 Å². The lowest BCUT2D eigenvalue weighted by Gasteiger charge is -2.31. The molecule has 1 atom stereocenters. The maximum absolute atomic E-state index is 5.99. The summed E-state index contributed by atoms with van der Waals surface area (Å²) in [6.07, 6.45) is 5.18. The molecule has 0 saturated heterocycles. The molecule has 0 radical (unpaired) electrons. The van der Waals surface area contributed by atoms with Crippen LogP contribution in [0.25, 0.3) is 0 Å². The zero-order chi connectivity index (χ0) is 9.90. The molecule has 1 aliphatic carbocycles. The standard InChI is InChI=1S/C9H20NOPS/c1-10(2)12(3,13)11-9-7-5-4-6-8-9/h9H,4-8H2,1-3H3. The van der Waals surface area contributed by atoms with Crippen LogP contribution in [0.4, 0.5) is 0 Å². The molecule has 0 amide bonds. The molecule has 1 unspecified atom stereocenters. The van der Waals surface area contributed by atoms with Crippen LogP contribution in [0.2, 0.25) is 0 Å². The first-order valence-electron chi connectivity index (χ1n) is 4.96.